The van der Waals surface area contributed by atoms with Crippen LogP contribution in [0.4, 0.5) is 0 Å². The van der Waals surface area contributed by atoms with E-state index < -0.39 is 11.6 Å². The fourth-order valence-corrected chi connectivity index (χ4v) is 2.67. The molecule has 0 aliphatic carbocycles. The van der Waals surface area contributed by atoms with Gasteiger partial charge in [-0.05, 0) is 23.3 Å². The van der Waals surface area contributed by atoms with Crippen LogP contribution in [0.1, 0.15) is 11.1 Å². The van der Waals surface area contributed by atoms with Gasteiger partial charge in [0.2, 0.25) is 11.6 Å². The van der Waals surface area contributed by atoms with Crippen LogP contribution in [-0.4, -0.2) is 39.0 Å². The first kappa shape index (κ1) is 18.5. The van der Waals surface area contributed by atoms with Crippen LogP contribution in [0.25, 0.3) is 12.2 Å². The van der Waals surface area contributed by atoms with Gasteiger partial charge in [0.25, 0.3) is 0 Å². The maximum absolute atomic E-state index is 6.02. The number of ether oxygens (including phenoxy) is 4. The lowest BCUT2D eigenvalue weighted by molar-refractivity contribution is -0.343. The molecule has 2 aromatic carbocycles. The molecule has 136 valence electrons. The summed E-state index contributed by atoms with van der Waals surface area (Å²) in [7, 11) is 3.22. The molecule has 0 spiro atoms. The van der Waals surface area contributed by atoms with E-state index in [1.807, 2.05) is 85.0 Å². The highest BCUT2D eigenvalue weighted by Gasteiger charge is 2.43. The van der Waals surface area contributed by atoms with E-state index in [1.54, 1.807) is 14.2 Å². The van der Waals surface area contributed by atoms with Gasteiger partial charge in [-0.15, -0.1) is 0 Å². The first-order valence-electron chi connectivity index (χ1n) is 8.56. The number of rotatable bonds is 6. The standard InChI is InChI=1S/C22H24O4/c1-23-21(15-13-19-9-5-3-6-10-19)17-26-22(24-2,18-25-21)16-14-20-11-7-4-8-12-20/h3-16H,17-18H2,1-2H3/b15-13+,16-14+. The molecule has 26 heavy (non-hydrogen) atoms. The summed E-state index contributed by atoms with van der Waals surface area (Å²) in [6.45, 7) is 0.444. The Morgan fingerprint density at radius 1 is 0.692 bits per heavy atom. The van der Waals surface area contributed by atoms with Crippen LogP contribution < -0.4 is 0 Å². The van der Waals surface area contributed by atoms with Crippen molar-refractivity contribution in [3.63, 3.8) is 0 Å². The normalized spacial score (nSPS) is 26.5. The Bertz CT molecular complexity index is 664. The number of benzene rings is 2. The summed E-state index contributed by atoms with van der Waals surface area (Å²) < 4.78 is 23.2. The largest absolute Gasteiger partial charge is 0.348 e. The van der Waals surface area contributed by atoms with Crippen molar-refractivity contribution in [2.24, 2.45) is 0 Å². The molecule has 0 saturated carbocycles. The van der Waals surface area contributed by atoms with Gasteiger partial charge in [-0.25, -0.2) is 0 Å². The van der Waals surface area contributed by atoms with E-state index in [9.17, 15) is 0 Å². The molecule has 2 aromatic rings. The Labute approximate surface area is 154 Å². The topological polar surface area (TPSA) is 36.9 Å². The quantitative estimate of drug-likeness (QED) is 0.783. The van der Waals surface area contributed by atoms with E-state index in [1.165, 1.54) is 0 Å². The SMILES string of the molecule is COC1(/C=C/c2ccccc2)COC(/C=C/c2ccccc2)(OC)CO1. The molecular weight excluding hydrogens is 328 g/mol. The van der Waals surface area contributed by atoms with Crippen molar-refractivity contribution in [2.75, 3.05) is 27.4 Å². The van der Waals surface area contributed by atoms with Gasteiger partial charge in [-0.2, -0.15) is 0 Å². The lowest BCUT2D eigenvalue weighted by Gasteiger charge is -2.42. The summed E-state index contributed by atoms with van der Waals surface area (Å²) >= 11 is 0. The molecular formula is C22H24O4. The highest BCUT2D eigenvalue weighted by Crippen LogP contribution is 2.30. The lowest BCUT2D eigenvalue weighted by Crippen LogP contribution is -2.53. The van der Waals surface area contributed by atoms with Crippen LogP contribution in [0, 0.1) is 0 Å². The molecule has 4 nitrogen and oxygen atoms in total. The van der Waals surface area contributed by atoms with Crippen LogP contribution in [0.5, 0.6) is 0 Å². The third kappa shape index (κ3) is 4.48. The molecule has 4 heteroatoms. The predicted molar refractivity (Wildman–Crippen MR) is 102 cm³/mol. The molecule has 1 aliphatic heterocycles. The molecule has 1 aliphatic rings. The lowest BCUT2D eigenvalue weighted by atomic mass is 10.1. The first-order valence-corrected chi connectivity index (χ1v) is 8.56. The average Bonchev–Trinajstić information content (AvgIpc) is 2.73. The van der Waals surface area contributed by atoms with Crippen LogP contribution >= 0.6 is 0 Å². The second kappa shape index (κ2) is 8.43. The van der Waals surface area contributed by atoms with Gasteiger partial charge in [0, 0.05) is 14.2 Å². The maximum atomic E-state index is 6.02. The fraction of sp³-hybridized carbons (Fsp3) is 0.273. The van der Waals surface area contributed by atoms with Crippen LogP contribution in [0.3, 0.4) is 0 Å². The van der Waals surface area contributed by atoms with Crippen molar-refractivity contribution >= 4 is 12.2 Å². The van der Waals surface area contributed by atoms with Gasteiger partial charge in [-0.1, -0.05) is 72.8 Å². The minimum atomic E-state index is -0.932. The molecule has 0 amide bonds. The Morgan fingerprint density at radius 3 is 1.38 bits per heavy atom. The molecule has 3 rings (SSSR count). The van der Waals surface area contributed by atoms with E-state index in [2.05, 4.69) is 0 Å². The fourth-order valence-electron chi connectivity index (χ4n) is 2.67. The molecule has 0 aromatic heterocycles. The van der Waals surface area contributed by atoms with Gasteiger partial charge >= 0.3 is 0 Å². The zero-order valence-corrected chi connectivity index (χ0v) is 15.1. The number of hydrogen-bond acceptors (Lipinski definition) is 4. The summed E-state index contributed by atoms with van der Waals surface area (Å²) in [4.78, 5) is 0. The van der Waals surface area contributed by atoms with Crippen molar-refractivity contribution in [1.82, 2.24) is 0 Å². The Kier molecular flexibility index (Phi) is 6.01. The minimum absolute atomic E-state index is 0.222. The molecule has 0 radical (unpaired) electrons. The summed E-state index contributed by atoms with van der Waals surface area (Å²) in [5.41, 5.74) is 2.14. The summed E-state index contributed by atoms with van der Waals surface area (Å²) in [5.74, 6) is -1.86. The molecule has 1 heterocycles. The Morgan fingerprint density at radius 2 is 1.08 bits per heavy atom. The van der Waals surface area contributed by atoms with E-state index in [0.717, 1.165) is 11.1 Å². The van der Waals surface area contributed by atoms with Gasteiger partial charge in [0.15, 0.2) is 0 Å². The smallest absolute Gasteiger partial charge is 0.212 e. The molecule has 2 unspecified atom stereocenters. The van der Waals surface area contributed by atoms with Crippen molar-refractivity contribution in [3.8, 4) is 0 Å². The van der Waals surface area contributed by atoms with Crippen molar-refractivity contribution in [3.05, 3.63) is 83.9 Å². The average molecular weight is 352 g/mol. The van der Waals surface area contributed by atoms with E-state index in [4.69, 9.17) is 18.9 Å². The van der Waals surface area contributed by atoms with Crippen molar-refractivity contribution in [2.45, 2.75) is 11.6 Å². The van der Waals surface area contributed by atoms with Gasteiger partial charge in [0.05, 0.1) is 0 Å². The molecule has 2 atom stereocenters. The third-order valence-corrected chi connectivity index (χ3v) is 4.38. The Balaban J connectivity index is 1.70. The highest BCUT2D eigenvalue weighted by molar-refractivity contribution is 5.51. The van der Waals surface area contributed by atoms with Gasteiger partial charge in [0.1, 0.15) is 13.2 Å². The minimum Gasteiger partial charge on any atom is -0.348 e. The summed E-state index contributed by atoms with van der Waals surface area (Å²) in [6, 6.07) is 20.0. The van der Waals surface area contributed by atoms with E-state index >= 15 is 0 Å². The van der Waals surface area contributed by atoms with Gasteiger partial charge < -0.3 is 18.9 Å². The van der Waals surface area contributed by atoms with Crippen molar-refractivity contribution < 1.29 is 18.9 Å². The zero-order valence-electron chi connectivity index (χ0n) is 15.1. The molecule has 0 bridgehead atoms. The maximum Gasteiger partial charge on any atom is 0.212 e. The second-order valence-corrected chi connectivity index (χ2v) is 6.10. The van der Waals surface area contributed by atoms with E-state index in [-0.39, 0.29) is 13.2 Å². The summed E-state index contributed by atoms with van der Waals surface area (Å²) in [5, 5.41) is 0. The van der Waals surface area contributed by atoms with Crippen LogP contribution in [0.2, 0.25) is 0 Å². The third-order valence-electron chi connectivity index (χ3n) is 4.38. The second-order valence-electron chi connectivity index (χ2n) is 6.10. The molecule has 1 saturated heterocycles. The zero-order chi connectivity index (χ0) is 18.3. The monoisotopic (exact) mass is 352 g/mol. The molecule has 0 N–H and O–H groups in total. The Hall–Kier alpha value is -2.24. The van der Waals surface area contributed by atoms with Gasteiger partial charge in [-0.3, -0.25) is 0 Å². The van der Waals surface area contributed by atoms with Crippen LogP contribution in [-0.2, 0) is 18.9 Å². The summed E-state index contributed by atoms with van der Waals surface area (Å²) in [6.07, 6.45) is 7.69. The van der Waals surface area contributed by atoms with E-state index in [0.29, 0.717) is 0 Å². The molecule has 1 fully saturated rings. The number of hydrogen-bond donors (Lipinski definition) is 0. The van der Waals surface area contributed by atoms with Crippen molar-refractivity contribution in [1.29, 1.82) is 0 Å². The first-order chi connectivity index (χ1) is 12.7. The van der Waals surface area contributed by atoms with Crippen LogP contribution in [0.15, 0.2) is 72.8 Å². The number of methoxy groups -OCH3 is 2. The predicted octanol–water partition coefficient (Wildman–Crippen LogP) is 4.15. The highest BCUT2D eigenvalue weighted by atomic mass is 16.8.